The smallest absolute Gasteiger partial charge is 0.239 e. The molecule has 0 aliphatic carbocycles. The highest BCUT2D eigenvalue weighted by Gasteiger charge is 2.19. The van der Waals surface area contributed by atoms with Crippen molar-refractivity contribution in [3.63, 3.8) is 0 Å². The molecule has 0 heterocycles. The summed E-state index contributed by atoms with van der Waals surface area (Å²) >= 11 is 0. The SMILES string of the molecule is CC(NC(=O)CNC(=O)[C@@H](N)C(C)C)c1ccc(F)cc1F.Cl. The molecule has 5 nitrogen and oxygen atoms in total. The normalized spacial score (nSPS) is 13.0. The molecule has 0 aliphatic heterocycles. The highest BCUT2D eigenvalue weighted by Crippen LogP contribution is 2.17. The monoisotopic (exact) mass is 349 g/mol. The number of benzene rings is 1. The second-order valence-corrected chi connectivity index (χ2v) is 5.44. The van der Waals surface area contributed by atoms with Crippen molar-refractivity contribution in [3.8, 4) is 0 Å². The van der Waals surface area contributed by atoms with Crippen LogP contribution in [0.3, 0.4) is 0 Å². The number of carbonyl (C=O) groups excluding carboxylic acids is 2. The third-order valence-electron chi connectivity index (χ3n) is 3.25. The second-order valence-electron chi connectivity index (χ2n) is 5.44. The predicted molar refractivity (Wildman–Crippen MR) is 86.0 cm³/mol. The van der Waals surface area contributed by atoms with Crippen molar-refractivity contribution in [2.75, 3.05) is 6.54 Å². The molecule has 2 amide bonds. The zero-order valence-corrected chi connectivity index (χ0v) is 14.0. The Morgan fingerprint density at radius 1 is 1.22 bits per heavy atom. The van der Waals surface area contributed by atoms with Gasteiger partial charge in [0.25, 0.3) is 0 Å². The van der Waals surface area contributed by atoms with Gasteiger partial charge in [0.05, 0.1) is 18.6 Å². The first-order chi connectivity index (χ1) is 10.2. The molecule has 0 radical (unpaired) electrons. The molecule has 1 rings (SSSR count). The largest absolute Gasteiger partial charge is 0.348 e. The molecule has 0 saturated heterocycles. The standard InChI is InChI=1S/C15H21F2N3O2.ClH/c1-8(2)14(18)15(22)19-7-13(21)20-9(3)11-5-4-10(16)6-12(11)17;/h4-6,8-9,14H,7,18H2,1-3H3,(H,19,22)(H,20,21);1H/t9?,14-;/m0./s1. The van der Waals surface area contributed by atoms with E-state index in [9.17, 15) is 18.4 Å². The topological polar surface area (TPSA) is 84.2 Å². The van der Waals surface area contributed by atoms with E-state index < -0.39 is 35.5 Å². The summed E-state index contributed by atoms with van der Waals surface area (Å²) in [6.07, 6.45) is 0. The molecule has 4 N–H and O–H groups in total. The minimum Gasteiger partial charge on any atom is -0.348 e. The molecule has 1 aromatic carbocycles. The lowest BCUT2D eigenvalue weighted by molar-refractivity contribution is -0.127. The van der Waals surface area contributed by atoms with Gasteiger partial charge in [0.2, 0.25) is 11.8 Å². The molecular weight excluding hydrogens is 328 g/mol. The molecule has 0 aliphatic rings. The van der Waals surface area contributed by atoms with Gasteiger partial charge >= 0.3 is 0 Å². The van der Waals surface area contributed by atoms with Crippen molar-refractivity contribution in [3.05, 3.63) is 35.4 Å². The van der Waals surface area contributed by atoms with Gasteiger partial charge in [0.1, 0.15) is 11.6 Å². The van der Waals surface area contributed by atoms with E-state index in [4.69, 9.17) is 5.73 Å². The summed E-state index contributed by atoms with van der Waals surface area (Å²) in [6, 6.07) is 1.79. The van der Waals surface area contributed by atoms with E-state index >= 15 is 0 Å². The van der Waals surface area contributed by atoms with E-state index in [1.54, 1.807) is 20.8 Å². The van der Waals surface area contributed by atoms with Crippen LogP contribution >= 0.6 is 12.4 Å². The summed E-state index contributed by atoms with van der Waals surface area (Å²) in [7, 11) is 0. The van der Waals surface area contributed by atoms with Crippen molar-refractivity contribution < 1.29 is 18.4 Å². The van der Waals surface area contributed by atoms with Crippen LogP contribution in [0.1, 0.15) is 32.4 Å². The van der Waals surface area contributed by atoms with Gasteiger partial charge in [0.15, 0.2) is 0 Å². The van der Waals surface area contributed by atoms with Crippen LogP contribution in [0.5, 0.6) is 0 Å². The minimum atomic E-state index is -0.737. The van der Waals surface area contributed by atoms with E-state index in [0.717, 1.165) is 12.1 Å². The number of nitrogens with one attached hydrogen (secondary N) is 2. The van der Waals surface area contributed by atoms with E-state index in [2.05, 4.69) is 10.6 Å². The van der Waals surface area contributed by atoms with Crippen LogP contribution in [0.4, 0.5) is 8.78 Å². The van der Waals surface area contributed by atoms with Crippen molar-refractivity contribution in [1.29, 1.82) is 0 Å². The summed E-state index contributed by atoms with van der Waals surface area (Å²) in [5.41, 5.74) is 5.81. The van der Waals surface area contributed by atoms with Gasteiger partial charge in [-0.15, -0.1) is 12.4 Å². The van der Waals surface area contributed by atoms with E-state index in [-0.39, 0.29) is 30.4 Å². The number of amides is 2. The van der Waals surface area contributed by atoms with Gasteiger partial charge in [-0.2, -0.15) is 0 Å². The highest BCUT2D eigenvalue weighted by molar-refractivity contribution is 5.87. The molecule has 0 spiro atoms. The fraction of sp³-hybridized carbons (Fsp3) is 0.467. The molecular formula is C15H22ClF2N3O2. The van der Waals surface area contributed by atoms with Crippen molar-refractivity contribution in [2.45, 2.75) is 32.9 Å². The molecule has 130 valence electrons. The number of hydrogen-bond acceptors (Lipinski definition) is 3. The molecule has 1 unspecified atom stereocenters. The summed E-state index contributed by atoms with van der Waals surface area (Å²) in [5.74, 6) is -2.38. The maximum atomic E-state index is 13.6. The predicted octanol–water partition coefficient (Wildman–Crippen LogP) is 1.66. The average molecular weight is 350 g/mol. The second kappa shape index (κ2) is 9.42. The molecule has 0 aromatic heterocycles. The Morgan fingerprint density at radius 2 is 1.83 bits per heavy atom. The van der Waals surface area contributed by atoms with Gasteiger partial charge in [-0.25, -0.2) is 8.78 Å². The van der Waals surface area contributed by atoms with E-state index in [1.807, 2.05) is 0 Å². The lowest BCUT2D eigenvalue weighted by atomic mass is 10.1. The van der Waals surface area contributed by atoms with E-state index in [1.165, 1.54) is 6.07 Å². The van der Waals surface area contributed by atoms with Gasteiger partial charge in [-0.3, -0.25) is 9.59 Å². The Balaban J connectivity index is 0.00000484. The molecule has 23 heavy (non-hydrogen) atoms. The highest BCUT2D eigenvalue weighted by atomic mass is 35.5. The van der Waals surface area contributed by atoms with Crippen LogP contribution in [0, 0.1) is 17.6 Å². The third-order valence-corrected chi connectivity index (χ3v) is 3.25. The van der Waals surface area contributed by atoms with Crippen LogP contribution in [0.25, 0.3) is 0 Å². The molecule has 1 aromatic rings. The number of halogens is 3. The van der Waals surface area contributed by atoms with Gasteiger partial charge < -0.3 is 16.4 Å². The fourth-order valence-electron chi connectivity index (χ4n) is 1.81. The summed E-state index contributed by atoms with van der Waals surface area (Å²) in [6.45, 7) is 4.90. The fourth-order valence-corrected chi connectivity index (χ4v) is 1.81. The van der Waals surface area contributed by atoms with Crippen LogP contribution in [0.15, 0.2) is 18.2 Å². The third kappa shape index (κ3) is 6.50. The first-order valence-corrected chi connectivity index (χ1v) is 7.00. The summed E-state index contributed by atoms with van der Waals surface area (Å²) in [4.78, 5) is 23.4. The van der Waals surface area contributed by atoms with Crippen LogP contribution in [-0.4, -0.2) is 24.4 Å². The minimum absolute atomic E-state index is 0. The maximum Gasteiger partial charge on any atom is 0.239 e. The Morgan fingerprint density at radius 3 is 2.35 bits per heavy atom. The lowest BCUT2D eigenvalue weighted by Crippen LogP contribution is -2.47. The Hall–Kier alpha value is -1.73. The lowest BCUT2D eigenvalue weighted by Gasteiger charge is -2.17. The van der Waals surface area contributed by atoms with Crippen molar-refractivity contribution >= 4 is 24.2 Å². The summed E-state index contributed by atoms with van der Waals surface area (Å²) < 4.78 is 26.4. The molecule has 0 bridgehead atoms. The van der Waals surface area contributed by atoms with Crippen LogP contribution in [0.2, 0.25) is 0 Å². The number of nitrogens with two attached hydrogens (primary N) is 1. The van der Waals surface area contributed by atoms with Gasteiger partial charge in [-0.05, 0) is 18.9 Å². The molecule has 0 fully saturated rings. The first-order valence-electron chi connectivity index (χ1n) is 7.00. The summed E-state index contributed by atoms with van der Waals surface area (Å²) in [5, 5.41) is 4.94. The average Bonchev–Trinajstić information content (AvgIpc) is 2.43. The van der Waals surface area contributed by atoms with Crippen LogP contribution < -0.4 is 16.4 Å². The van der Waals surface area contributed by atoms with Crippen molar-refractivity contribution in [1.82, 2.24) is 10.6 Å². The first kappa shape index (κ1) is 21.3. The quantitative estimate of drug-likeness (QED) is 0.730. The Labute approximate surface area is 140 Å². The van der Waals surface area contributed by atoms with Crippen molar-refractivity contribution in [2.24, 2.45) is 11.7 Å². The van der Waals surface area contributed by atoms with Gasteiger partial charge in [0, 0.05) is 11.6 Å². The maximum absolute atomic E-state index is 13.6. The number of hydrogen-bond donors (Lipinski definition) is 3. The molecule has 2 atom stereocenters. The Kier molecular flexibility index (Phi) is 8.71. The number of rotatable bonds is 6. The zero-order valence-electron chi connectivity index (χ0n) is 13.2. The van der Waals surface area contributed by atoms with Crippen LogP contribution in [-0.2, 0) is 9.59 Å². The van der Waals surface area contributed by atoms with E-state index in [0.29, 0.717) is 0 Å². The van der Waals surface area contributed by atoms with Gasteiger partial charge in [-0.1, -0.05) is 19.9 Å². The molecule has 8 heteroatoms. The molecule has 0 saturated carbocycles. The number of carbonyl (C=O) groups is 2. The zero-order chi connectivity index (χ0) is 16.9. The Bertz CT molecular complexity index is 556.